The van der Waals surface area contributed by atoms with Gasteiger partial charge in [-0.2, -0.15) is 0 Å². The molecule has 48 heavy (non-hydrogen) atoms. The predicted molar refractivity (Wildman–Crippen MR) is 177 cm³/mol. The third kappa shape index (κ3) is 9.21. The molecule has 0 saturated carbocycles. The van der Waals surface area contributed by atoms with Crippen molar-refractivity contribution < 1.29 is 43.3 Å². The van der Waals surface area contributed by atoms with E-state index in [1.807, 2.05) is 56.3 Å². The van der Waals surface area contributed by atoms with E-state index in [-0.39, 0.29) is 35.3 Å². The van der Waals surface area contributed by atoms with Gasteiger partial charge in [0, 0.05) is 32.4 Å². The zero-order chi connectivity index (χ0) is 33.9. The summed E-state index contributed by atoms with van der Waals surface area (Å²) in [5.74, 6) is 0.869. The molecule has 2 N–H and O–H groups in total. The van der Waals surface area contributed by atoms with Crippen LogP contribution in [0.3, 0.4) is 0 Å². The third-order valence-corrected chi connectivity index (χ3v) is 8.66. The highest BCUT2D eigenvalue weighted by atomic mass is 16.6. The number of ketones is 1. The molecule has 2 unspecified atom stereocenters. The van der Waals surface area contributed by atoms with Crippen LogP contribution in [0, 0.1) is 0 Å². The van der Waals surface area contributed by atoms with Gasteiger partial charge in [-0.15, -0.1) is 0 Å². The average Bonchev–Trinajstić information content (AvgIpc) is 3.50. The van der Waals surface area contributed by atoms with Crippen LogP contribution in [0.15, 0.2) is 59.0 Å². The summed E-state index contributed by atoms with van der Waals surface area (Å²) >= 11 is 0. The van der Waals surface area contributed by atoms with E-state index in [4.69, 9.17) is 23.8 Å². The van der Waals surface area contributed by atoms with Crippen molar-refractivity contribution in [3.63, 3.8) is 0 Å². The van der Waals surface area contributed by atoms with E-state index >= 15 is 0 Å². The molecule has 0 bridgehead atoms. The number of ether oxygens (including phenoxy) is 4. The third-order valence-electron chi connectivity index (χ3n) is 8.66. The number of nitrogens with zero attached hydrogens (tertiary/aromatic N) is 2. The van der Waals surface area contributed by atoms with Crippen LogP contribution >= 0.6 is 0 Å². The van der Waals surface area contributed by atoms with Crippen LogP contribution in [0.4, 0.5) is 0 Å². The normalized spacial score (nSPS) is 20.1. The van der Waals surface area contributed by atoms with Gasteiger partial charge in [-0.05, 0) is 66.6 Å². The van der Waals surface area contributed by atoms with Crippen LogP contribution in [0.5, 0.6) is 11.5 Å². The van der Waals surface area contributed by atoms with Crippen molar-refractivity contribution >= 4 is 23.3 Å². The fraction of sp³-hybridized carbons (Fsp3) is 0.500. The number of oxime groups is 1. The van der Waals surface area contributed by atoms with Gasteiger partial charge in [-0.3, -0.25) is 24.6 Å². The average molecular weight is 664 g/mol. The van der Waals surface area contributed by atoms with Crippen molar-refractivity contribution in [2.24, 2.45) is 5.16 Å². The maximum atomic E-state index is 12.9. The molecule has 0 aromatic heterocycles. The lowest BCUT2D eigenvalue weighted by Gasteiger charge is -2.29. The molecule has 1 saturated heterocycles. The topological polar surface area (TPSA) is 145 Å². The molecule has 0 spiro atoms. The summed E-state index contributed by atoms with van der Waals surface area (Å²) in [7, 11) is 0. The van der Waals surface area contributed by atoms with E-state index < -0.39 is 0 Å². The lowest BCUT2D eigenvalue weighted by Crippen LogP contribution is -2.50. The Kier molecular flexibility index (Phi) is 12.6. The Hall–Kier alpha value is -4.26. The summed E-state index contributed by atoms with van der Waals surface area (Å²) in [5, 5.41) is 17.1. The number of imide groups is 1. The van der Waals surface area contributed by atoms with Crippen molar-refractivity contribution in [2.45, 2.75) is 71.0 Å². The first-order valence-electron chi connectivity index (χ1n) is 16.7. The Morgan fingerprint density at radius 1 is 0.875 bits per heavy atom. The number of aliphatic hydroxyl groups is 1. The monoisotopic (exact) mass is 663 g/mol. The van der Waals surface area contributed by atoms with Crippen LogP contribution in [0.25, 0.3) is 0 Å². The first kappa shape index (κ1) is 35.1. The van der Waals surface area contributed by atoms with Gasteiger partial charge >= 0.3 is 0 Å². The van der Waals surface area contributed by atoms with Gasteiger partial charge in [0.1, 0.15) is 37.1 Å². The van der Waals surface area contributed by atoms with Crippen molar-refractivity contribution in [1.82, 2.24) is 10.2 Å². The van der Waals surface area contributed by atoms with Gasteiger partial charge in [0.25, 0.3) is 0 Å². The minimum atomic E-state index is -0.278. The molecular formula is C36H45N3O9. The number of piperidine rings is 1. The molecule has 2 atom stereocenters. The smallest absolute Gasteiger partial charge is 0.243 e. The SMILES string of the molecule is CCO/N=C(\CC)C1=C(O)CC(c2ccc(OCCOCCOCCOc3ccc4c(c3)CN(C3CCC(=O)NC3=O)C4)cc2)CC1=O. The molecule has 12 nitrogen and oxygen atoms in total. The molecule has 5 rings (SSSR count). The maximum Gasteiger partial charge on any atom is 0.243 e. The Morgan fingerprint density at radius 2 is 1.54 bits per heavy atom. The fourth-order valence-corrected chi connectivity index (χ4v) is 6.22. The summed E-state index contributed by atoms with van der Waals surface area (Å²) in [4.78, 5) is 43.8. The lowest BCUT2D eigenvalue weighted by atomic mass is 9.81. The zero-order valence-electron chi connectivity index (χ0n) is 27.7. The number of hydrogen-bond acceptors (Lipinski definition) is 11. The number of fused-ring (bicyclic) bond motifs is 1. The highest BCUT2D eigenvalue weighted by Gasteiger charge is 2.35. The van der Waals surface area contributed by atoms with E-state index in [0.717, 1.165) is 16.9 Å². The van der Waals surface area contributed by atoms with E-state index in [2.05, 4.69) is 15.4 Å². The van der Waals surface area contributed by atoms with Gasteiger partial charge in [0.05, 0.1) is 43.8 Å². The molecule has 2 aromatic carbocycles. The van der Waals surface area contributed by atoms with Crippen molar-refractivity contribution in [1.29, 1.82) is 0 Å². The summed E-state index contributed by atoms with van der Waals surface area (Å²) in [6, 6.07) is 13.3. The van der Waals surface area contributed by atoms with Gasteiger partial charge in [-0.1, -0.05) is 30.3 Å². The summed E-state index contributed by atoms with van der Waals surface area (Å²) in [5.41, 5.74) is 4.04. The Balaban J connectivity index is 0.927. The van der Waals surface area contributed by atoms with Crippen molar-refractivity contribution in [3.8, 4) is 11.5 Å². The summed E-state index contributed by atoms with van der Waals surface area (Å²) in [6.45, 7) is 7.93. The highest BCUT2D eigenvalue weighted by Crippen LogP contribution is 2.35. The Morgan fingerprint density at radius 3 is 2.21 bits per heavy atom. The summed E-state index contributed by atoms with van der Waals surface area (Å²) < 4.78 is 22.9. The molecule has 2 amide bonds. The van der Waals surface area contributed by atoms with Crippen molar-refractivity contribution in [2.75, 3.05) is 46.2 Å². The van der Waals surface area contributed by atoms with Gasteiger partial charge in [0.15, 0.2) is 5.78 Å². The number of rotatable bonds is 17. The fourth-order valence-electron chi connectivity index (χ4n) is 6.22. The quantitative estimate of drug-likeness (QED) is 0.108. The second kappa shape index (κ2) is 17.2. The zero-order valence-corrected chi connectivity index (χ0v) is 27.7. The molecule has 2 heterocycles. The number of carbonyl (C=O) groups excluding carboxylic acids is 3. The van der Waals surface area contributed by atoms with Crippen LogP contribution in [-0.2, 0) is 41.8 Å². The Labute approximate surface area is 281 Å². The van der Waals surface area contributed by atoms with Crippen LogP contribution in [0.1, 0.15) is 68.6 Å². The minimum Gasteiger partial charge on any atom is -0.511 e. The highest BCUT2D eigenvalue weighted by molar-refractivity contribution is 6.23. The summed E-state index contributed by atoms with van der Waals surface area (Å²) in [6.07, 6.45) is 2.10. The molecule has 258 valence electrons. The molecule has 12 heteroatoms. The molecule has 3 aliphatic rings. The standard InChI is InChI=1S/C36H45N3O9/c1-3-30(38-48-4-2)35-32(40)20-26(21-33(35)41)24-5-8-28(9-6-24)46-17-15-44-13-14-45-16-18-47-29-10-7-25-22-39(23-27(25)19-29)31-11-12-34(42)37-36(31)43/h5-10,19,26,31,40H,3-4,11-18,20-23H2,1-2H3,(H,37,42,43)/b38-30+. The van der Waals surface area contributed by atoms with Gasteiger partial charge in [-0.25, -0.2) is 0 Å². The molecule has 1 fully saturated rings. The van der Waals surface area contributed by atoms with E-state index in [9.17, 15) is 19.5 Å². The number of allylic oxidation sites excluding steroid dienone is 2. The molecular weight excluding hydrogens is 618 g/mol. The number of aliphatic hydroxyl groups excluding tert-OH is 1. The molecule has 2 aliphatic heterocycles. The molecule has 2 aromatic rings. The number of amides is 2. The predicted octanol–water partition coefficient (Wildman–Crippen LogP) is 4.36. The maximum absolute atomic E-state index is 12.9. The largest absolute Gasteiger partial charge is 0.511 e. The second-order valence-corrected chi connectivity index (χ2v) is 12.0. The lowest BCUT2D eigenvalue weighted by molar-refractivity contribution is -0.137. The van der Waals surface area contributed by atoms with E-state index in [1.165, 1.54) is 5.56 Å². The van der Waals surface area contributed by atoms with Gasteiger partial charge < -0.3 is 28.9 Å². The first-order chi connectivity index (χ1) is 23.4. The van der Waals surface area contributed by atoms with E-state index in [0.29, 0.717) is 108 Å². The Bertz CT molecular complexity index is 1500. The van der Waals surface area contributed by atoms with Gasteiger partial charge in [0.2, 0.25) is 11.8 Å². The van der Waals surface area contributed by atoms with Crippen LogP contribution in [-0.4, -0.2) is 85.6 Å². The van der Waals surface area contributed by atoms with Crippen LogP contribution in [0.2, 0.25) is 0 Å². The number of benzene rings is 2. The minimum absolute atomic E-state index is 0.0613. The first-order valence-corrected chi connectivity index (χ1v) is 16.7. The van der Waals surface area contributed by atoms with Crippen LogP contribution < -0.4 is 14.8 Å². The number of nitrogens with one attached hydrogen (secondary N) is 1. The molecule has 0 radical (unpaired) electrons. The number of Topliss-reactive ketones (excluding diaryl/α,β-unsaturated/α-hetero) is 1. The number of hydrogen-bond donors (Lipinski definition) is 2. The van der Waals surface area contributed by atoms with Crippen molar-refractivity contribution in [3.05, 3.63) is 70.5 Å². The number of carbonyl (C=O) groups is 3. The van der Waals surface area contributed by atoms with E-state index in [1.54, 1.807) is 0 Å². The molecule has 1 aliphatic carbocycles. The second-order valence-electron chi connectivity index (χ2n) is 12.0.